The molecule has 0 radical (unpaired) electrons. The Kier molecular flexibility index (Phi) is 5.40. The first-order valence-electron chi connectivity index (χ1n) is 7.77. The summed E-state index contributed by atoms with van der Waals surface area (Å²) in [4.78, 5) is -0.640. The van der Waals surface area contributed by atoms with Gasteiger partial charge in [-0.05, 0) is 39.0 Å². The van der Waals surface area contributed by atoms with Gasteiger partial charge in [-0.3, -0.25) is 0 Å². The van der Waals surface area contributed by atoms with E-state index in [0.29, 0.717) is 6.42 Å². The second kappa shape index (κ2) is 6.84. The molecule has 0 bridgehead atoms. The minimum Gasteiger partial charge on any atom is -0.202 e. The molecule has 140 valence electrons. The highest BCUT2D eigenvalue weighted by atomic mass is 33.2. The summed E-state index contributed by atoms with van der Waals surface area (Å²) in [5, 5.41) is -1.88. The van der Waals surface area contributed by atoms with Crippen molar-refractivity contribution in [2.75, 3.05) is 0 Å². The summed E-state index contributed by atoms with van der Waals surface area (Å²) in [7, 11) is -1.60. The summed E-state index contributed by atoms with van der Waals surface area (Å²) >= 11 is 7.08. The van der Waals surface area contributed by atoms with Crippen molar-refractivity contribution in [1.29, 1.82) is 0 Å². The van der Waals surface area contributed by atoms with Gasteiger partial charge in [0.05, 0.1) is 4.90 Å². The lowest BCUT2D eigenvalue weighted by Crippen LogP contribution is -2.38. The fourth-order valence-electron chi connectivity index (χ4n) is 3.64. The number of hydrogen-bond donors (Lipinski definition) is 1. The van der Waals surface area contributed by atoms with Gasteiger partial charge in [0.2, 0.25) is 5.82 Å². The summed E-state index contributed by atoms with van der Waals surface area (Å²) in [5.74, 6) is -9.04. The fourth-order valence-corrected chi connectivity index (χ4v) is 21.9. The van der Waals surface area contributed by atoms with Gasteiger partial charge < -0.3 is 0 Å². The van der Waals surface area contributed by atoms with Gasteiger partial charge in [-0.1, -0.05) is 24.0 Å². The Morgan fingerprint density at radius 2 is 1.68 bits per heavy atom. The van der Waals surface area contributed by atoms with E-state index in [1.165, 1.54) is 0 Å². The van der Waals surface area contributed by atoms with Gasteiger partial charge in [-0.2, -0.15) is 10.5 Å². The van der Waals surface area contributed by atoms with Gasteiger partial charge in [0.15, 0.2) is 23.3 Å². The Morgan fingerprint density at radius 1 is 1.16 bits per heavy atom. The van der Waals surface area contributed by atoms with Crippen LogP contribution in [0.5, 0.6) is 0 Å². The highest BCUT2D eigenvalue weighted by Gasteiger charge is 2.52. The van der Waals surface area contributed by atoms with Crippen LogP contribution in [0.15, 0.2) is 17.0 Å². The Bertz CT molecular complexity index is 755. The van der Waals surface area contributed by atoms with E-state index in [9.17, 15) is 22.0 Å². The number of thiol groups is 1. The Hall–Kier alpha value is -0.0400. The number of fused-ring (bicyclic) bond motifs is 1. The predicted octanol–water partition coefficient (Wildman–Crippen LogP) is 6.50. The molecule has 5 atom stereocenters. The fraction of sp³-hybridized carbons (Fsp3) is 0.500. The summed E-state index contributed by atoms with van der Waals surface area (Å²) in [5.41, 5.74) is 0.990. The molecule has 1 aliphatic carbocycles. The molecule has 25 heavy (non-hydrogen) atoms. The molecule has 1 aromatic rings. The molecule has 0 amide bonds. The van der Waals surface area contributed by atoms with Crippen molar-refractivity contribution < 1.29 is 22.0 Å². The number of benzene rings is 1. The Balaban J connectivity index is 2.14. The molecule has 1 heterocycles. The Morgan fingerprint density at radius 3 is 2.20 bits per heavy atom. The van der Waals surface area contributed by atoms with Gasteiger partial charge >= 0.3 is 0 Å². The smallest absolute Gasteiger partial charge is 0.200 e. The summed E-state index contributed by atoms with van der Waals surface area (Å²) in [6.07, 6.45) is 2.38. The summed E-state index contributed by atoms with van der Waals surface area (Å²) in [6.45, 7) is 7.90. The lowest BCUT2D eigenvalue weighted by Gasteiger charge is -2.42. The van der Waals surface area contributed by atoms with Crippen LogP contribution in [0.1, 0.15) is 33.1 Å². The maximum Gasteiger partial charge on any atom is 0.200 e. The third-order valence-corrected chi connectivity index (χ3v) is 19.0. The molecule has 0 aromatic heterocycles. The summed E-state index contributed by atoms with van der Waals surface area (Å²) < 4.78 is 69.4. The van der Waals surface area contributed by atoms with Crippen LogP contribution in [-0.4, -0.2) is 10.00 Å². The highest BCUT2D eigenvalue weighted by Crippen LogP contribution is 2.82. The van der Waals surface area contributed by atoms with Crippen molar-refractivity contribution in [2.24, 2.45) is 5.92 Å². The average Bonchev–Trinajstić information content (AvgIpc) is 2.81. The second-order valence-electron chi connectivity index (χ2n) is 6.80. The van der Waals surface area contributed by atoms with Gasteiger partial charge in [-0.25, -0.2) is 22.0 Å². The van der Waals surface area contributed by atoms with E-state index in [4.69, 9.17) is 11.8 Å². The van der Waals surface area contributed by atoms with Crippen molar-refractivity contribution in [2.45, 2.75) is 48.0 Å². The second-order valence-corrected chi connectivity index (χ2v) is 18.7. The molecular formula is C16H18F5PS3. The zero-order valence-corrected chi connectivity index (χ0v) is 17.2. The van der Waals surface area contributed by atoms with Crippen LogP contribution in [0.25, 0.3) is 0 Å². The molecule has 2 aliphatic rings. The quantitative estimate of drug-likeness (QED) is 0.142. The summed E-state index contributed by atoms with van der Waals surface area (Å²) in [6, 6.07) is 0. The van der Waals surface area contributed by atoms with Crippen LogP contribution < -0.4 is 0 Å². The van der Waals surface area contributed by atoms with E-state index in [1.54, 1.807) is 11.4 Å². The lowest BCUT2D eigenvalue weighted by molar-refractivity contribution is 0.352. The van der Waals surface area contributed by atoms with Gasteiger partial charge in [0.25, 0.3) is 0 Å². The van der Waals surface area contributed by atoms with Crippen LogP contribution in [0, 0.1) is 35.0 Å². The van der Waals surface area contributed by atoms with E-state index in [2.05, 4.69) is 6.58 Å². The molecule has 1 saturated heterocycles. The standard InChI is InChI=1S/C16H18F5PS3/c1-7(2)8-4-5-16(3)9(6-8)25(22(23)24-16)15-13(20)11(18)10(17)12(19)14(15)21/h8-9,22,25H,1,4-6H2,2-3H3/t8-,9+,16+/m0/s1. The van der Waals surface area contributed by atoms with Crippen LogP contribution in [0.3, 0.4) is 0 Å². The van der Waals surface area contributed by atoms with Gasteiger partial charge in [0.1, 0.15) is 0 Å². The minimum atomic E-state index is -2.11. The third-order valence-electron chi connectivity index (χ3n) is 5.16. The van der Waals surface area contributed by atoms with Crippen molar-refractivity contribution in [3.05, 3.63) is 41.2 Å². The SMILES string of the molecule is C=C(C)[C@H]1CC[C@@]2(C)S[PH](=S)[SH](c3c(F)c(F)c(F)c(F)c3F)[C@@H]2C1. The first kappa shape index (κ1) is 19.7. The van der Waals surface area contributed by atoms with E-state index in [0.717, 1.165) is 18.4 Å². The van der Waals surface area contributed by atoms with Gasteiger partial charge in [-0.15, -0.1) is 11.4 Å². The molecule has 0 N–H and O–H groups in total. The molecule has 2 unspecified atom stereocenters. The topological polar surface area (TPSA) is 0 Å². The van der Waals surface area contributed by atoms with E-state index >= 15 is 0 Å². The van der Waals surface area contributed by atoms with Crippen molar-refractivity contribution in [3.63, 3.8) is 0 Å². The zero-order chi connectivity index (χ0) is 18.7. The molecule has 3 rings (SSSR count). The maximum atomic E-state index is 14.4. The molecule has 9 heteroatoms. The van der Waals surface area contributed by atoms with Crippen molar-refractivity contribution in [3.8, 4) is 0 Å². The van der Waals surface area contributed by atoms with Crippen LogP contribution in [0.4, 0.5) is 22.0 Å². The van der Waals surface area contributed by atoms with E-state index < -0.39 is 49.6 Å². The molecule has 1 saturated carbocycles. The third kappa shape index (κ3) is 3.11. The molecule has 0 nitrogen and oxygen atoms in total. The van der Waals surface area contributed by atoms with Gasteiger partial charge in [0, 0.05) is 15.1 Å². The molecule has 1 aromatic carbocycles. The van der Waals surface area contributed by atoms with E-state index in [-0.39, 0.29) is 15.9 Å². The molecule has 2 fully saturated rings. The predicted molar refractivity (Wildman–Crippen MR) is 101 cm³/mol. The van der Waals surface area contributed by atoms with Crippen LogP contribution in [-0.2, 0) is 11.8 Å². The molecule has 1 aliphatic heterocycles. The first-order chi connectivity index (χ1) is 11.6. The number of halogens is 5. The van der Waals surface area contributed by atoms with Crippen LogP contribution >= 0.6 is 27.0 Å². The lowest BCUT2D eigenvalue weighted by atomic mass is 9.79. The molecular weight excluding hydrogens is 414 g/mol. The van der Waals surface area contributed by atoms with E-state index in [1.807, 2.05) is 13.8 Å². The van der Waals surface area contributed by atoms with Crippen molar-refractivity contribution in [1.82, 2.24) is 0 Å². The highest BCUT2D eigenvalue weighted by molar-refractivity contribution is 9.00. The largest absolute Gasteiger partial charge is 0.202 e. The number of allylic oxidation sites excluding steroid dienone is 1. The van der Waals surface area contributed by atoms with Crippen LogP contribution in [0.2, 0.25) is 0 Å². The Labute approximate surface area is 155 Å². The number of hydrogen-bond acceptors (Lipinski definition) is 2. The minimum absolute atomic E-state index is 0.150. The monoisotopic (exact) mass is 432 g/mol. The van der Waals surface area contributed by atoms with Crippen molar-refractivity contribution >= 4 is 38.8 Å². The normalized spacial score (nSPS) is 36.3. The first-order valence-corrected chi connectivity index (χ1v) is 14.2. The number of rotatable bonds is 2. The maximum absolute atomic E-state index is 14.4. The zero-order valence-electron chi connectivity index (χ0n) is 13.6. The average molecular weight is 432 g/mol. The molecule has 0 spiro atoms.